The number of carbonyl (C=O) groups is 2. The van der Waals surface area contributed by atoms with Gasteiger partial charge in [0.05, 0.1) is 15.5 Å². The van der Waals surface area contributed by atoms with Gasteiger partial charge in [-0.3, -0.25) is 15.0 Å². The van der Waals surface area contributed by atoms with Crippen LogP contribution < -0.4 is 10.2 Å². The molecule has 34 heavy (non-hydrogen) atoms. The molecule has 1 aliphatic heterocycles. The highest BCUT2D eigenvalue weighted by Crippen LogP contribution is 2.34. The van der Waals surface area contributed by atoms with Gasteiger partial charge in [-0.05, 0) is 66.7 Å². The molecular weight excluding hydrogens is 556 g/mol. The summed E-state index contributed by atoms with van der Waals surface area (Å²) in [5.41, 5.74) is 5.48. The first-order valence-corrected chi connectivity index (χ1v) is 12.5. The first-order valence-electron chi connectivity index (χ1n) is 10.1. The number of rotatable bonds is 6. The van der Waals surface area contributed by atoms with Crippen molar-refractivity contribution < 1.29 is 14.3 Å². The molecule has 172 valence electrons. The van der Waals surface area contributed by atoms with Crippen molar-refractivity contribution in [3.8, 4) is 5.75 Å². The van der Waals surface area contributed by atoms with E-state index < -0.39 is 11.8 Å². The van der Waals surface area contributed by atoms with E-state index in [1.807, 2.05) is 55.5 Å². The van der Waals surface area contributed by atoms with Crippen molar-refractivity contribution in [3.63, 3.8) is 0 Å². The molecule has 0 radical (unpaired) electrons. The lowest BCUT2D eigenvalue weighted by Crippen LogP contribution is -2.44. The lowest BCUT2D eigenvalue weighted by Gasteiger charge is -2.16. The number of amides is 2. The Balaban J connectivity index is 1.53. The maximum Gasteiger partial charge on any atom is 0.285 e. The molecule has 1 heterocycles. The van der Waals surface area contributed by atoms with E-state index in [0.29, 0.717) is 27.8 Å². The van der Waals surface area contributed by atoms with Gasteiger partial charge >= 0.3 is 0 Å². The minimum atomic E-state index is -0.517. The quantitative estimate of drug-likeness (QED) is 0.268. The molecule has 0 aliphatic carbocycles. The van der Waals surface area contributed by atoms with Crippen molar-refractivity contribution in [2.24, 2.45) is 0 Å². The number of hydrogen-bond acceptors (Lipinski definition) is 5. The molecule has 0 unspecified atom stereocenters. The lowest BCUT2D eigenvalue weighted by molar-refractivity contribution is -0.123. The second kappa shape index (κ2) is 10.7. The molecule has 0 spiro atoms. The van der Waals surface area contributed by atoms with E-state index in [4.69, 9.17) is 28.6 Å². The summed E-state index contributed by atoms with van der Waals surface area (Å²) in [6, 6.07) is 20.4. The monoisotopic (exact) mass is 572 g/mol. The van der Waals surface area contributed by atoms with Crippen LogP contribution in [-0.4, -0.2) is 21.1 Å². The number of hydrazine groups is 1. The Morgan fingerprint density at radius 3 is 2.68 bits per heavy atom. The lowest BCUT2D eigenvalue weighted by atomic mass is 10.1. The summed E-state index contributed by atoms with van der Waals surface area (Å²) in [7, 11) is 0. The van der Waals surface area contributed by atoms with Crippen LogP contribution in [0.15, 0.2) is 76.1 Å². The molecule has 0 bridgehead atoms. The minimum Gasteiger partial charge on any atom is -0.488 e. The zero-order chi connectivity index (χ0) is 24.2. The molecule has 3 aromatic carbocycles. The van der Waals surface area contributed by atoms with Crippen molar-refractivity contribution in [3.05, 3.63) is 103 Å². The highest BCUT2D eigenvalue weighted by Gasteiger charge is 2.34. The molecule has 0 aromatic heterocycles. The second-order valence-electron chi connectivity index (χ2n) is 7.40. The van der Waals surface area contributed by atoms with Crippen molar-refractivity contribution in [2.45, 2.75) is 13.5 Å². The Morgan fingerprint density at radius 2 is 1.94 bits per heavy atom. The van der Waals surface area contributed by atoms with Crippen LogP contribution in [0.4, 0.5) is 0 Å². The molecule has 1 fully saturated rings. The summed E-state index contributed by atoms with van der Waals surface area (Å²) in [6.07, 6.45) is 1.70. The number of hydrogen-bond donors (Lipinski definition) is 1. The number of thiocarbonyl (C=S) groups is 1. The third-order valence-electron chi connectivity index (χ3n) is 4.87. The fourth-order valence-corrected chi connectivity index (χ4v) is 5.04. The van der Waals surface area contributed by atoms with Gasteiger partial charge < -0.3 is 4.74 Å². The van der Waals surface area contributed by atoms with Crippen LogP contribution in [0.3, 0.4) is 0 Å². The number of carbonyl (C=O) groups excluding carboxylic acids is 2. The summed E-state index contributed by atoms with van der Waals surface area (Å²) in [5.74, 6) is -0.328. The maximum absolute atomic E-state index is 13.1. The van der Waals surface area contributed by atoms with Gasteiger partial charge in [-0.25, -0.2) is 0 Å². The molecule has 4 rings (SSSR count). The van der Waals surface area contributed by atoms with E-state index in [-0.39, 0.29) is 9.88 Å². The van der Waals surface area contributed by atoms with E-state index >= 15 is 0 Å². The first-order chi connectivity index (χ1) is 16.3. The van der Waals surface area contributed by atoms with E-state index in [1.54, 1.807) is 24.3 Å². The van der Waals surface area contributed by atoms with Gasteiger partial charge in [-0.1, -0.05) is 75.7 Å². The SMILES string of the molecule is Cc1ccc(C(=O)NN2C(=O)/C(=C/c3cc(Br)ccc3OCc3ccccc3)SC2=S)c(Cl)c1. The Hall–Kier alpha value is -2.65. The minimum absolute atomic E-state index is 0.217. The summed E-state index contributed by atoms with van der Waals surface area (Å²) in [6.45, 7) is 2.26. The van der Waals surface area contributed by atoms with Gasteiger partial charge in [-0.15, -0.1) is 0 Å². The zero-order valence-corrected chi connectivity index (χ0v) is 21.9. The molecule has 1 aliphatic rings. The Bertz CT molecular complexity index is 1310. The van der Waals surface area contributed by atoms with E-state index in [1.165, 1.54) is 0 Å². The van der Waals surface area contributed by atoms with Gasteiger partial charge in [0.25, 0.3) is 11.8 Å². The van der Waals surface area contributed by atoms with Crippen molar-refractivity contribution in [2.75, 3.05) is 0 Å². The fourth-order valence-electron chi connectivity index (χ4n) is 3.17. The predicted octanol–water partition coefficient (Wildman–Crippen LogP) is 6.54. The summed E-state index contributed by atoms with van der Waals surface area (Å²) >= 11 is 16.1. The van der Waals surface area contributed by atoms with Crippen molar-refractivity contribution >= 4 is 73.7 Å². The number of nitrogens with zero attached hydrogens (tertiary/aromatic N) is 1. The standard InChI is InChI=1S/C25H18BrClN2O3S2/c1-15-7-9-19(20(27)11-15)23(30)28-29-24(31)22(34-25(29)33)13-17-12-18(26)8-10-21(17)32-14-16-5-3-2-4-6-16/h2-13H,14H2,1H3,(H,28,30)/b22-13-. The summed E-state index contributed by atoms with van der Waals surface area (Å²) in [4.78, 5) is 26.1. The van der Waals surface area contributed by atoms with Crippen LogP contribution in [-0.2, 0) is 11.4 Å². The number of nitrogens with one attached hydrogen (secondary N) is 1. The van der Waals surface area contributed by atoms with Crippen molar-refractivity contribution in [1.82, 2.24) is 10.4 Å². The van der Waals surface area contributed by atoms with E-state index in [0.717, 1.165) is 32.4 Å². The Morgan fingerprint density at radius 1 is 1.18 bits per heavy atom. The number of thioether (sulfide) groups is 1. The van der Waals surface area contributed by atoms with Gasteiger partial charge in [0.15, 0.2) is 4.32 Å². The summed E-state index contributed by atoms with van der Waals surface area (Å²) < 4.78 is 7.06. The number of ether oxygens (including phenoxy) is 1. The van der Waals surface area contributed by atoms with Crippen LogP contribution in [0, 0.1) is 6.92 Å². The van der Waals surface area contributed by atoms with Crippen LogP contribution in [0.1, 0.15) is 27.0 Å². The van der Waals surface area contributed by atoms with E-state index in [9.17, 15) is 9.59 Å². The smallest absolute Gasteiger partial charge is 0.285 e. The molecule has 0 saturated carbocycles. The molecule has 1 N–H and O–H groups in total. The normalized spacial score (nSPS) is 14.6. The molecule has 2 amide bonds. The largest absolute Gasteiger partial charge is 0.488 e. The number of aryl methyl sites for hydroxylation is 1. The van der Waals surface area contributed by atoms with Crippen molar-refractivity contribution in [1.29, 1.82) is 0 Å². The third kappa shape index (κ3) is 5.70. The fraction of sp³-hybridized carbons (Fsp3) is 0.0800. The Labute approximate surface area is 220 Å². The van der Waals surface area contributed by atoms with Crippen LogP contribution in [0.2, 0.25) is 5.02 Å². The van der Waals surface area contributed by atoms with Crippen LogP contribution in [0.25, 0.3) is 6.08 Å². The van der Waals surface area contributed by atoms with Gasteiger partial charge in [0.2, 0.25) is 0 Å². The maximum atomic E-state index is 13.1. The first kappa shape index (κ1) is 24.5. The molecule has 5 nitrogen and oxygen atoms in total. The predicted molar refractivity (Wildman–Crippen MR) is 144 cm³/mol. The number of benzene rings is 3. The molecule has 1 saturated heterocycles. The van der Waals surface area contributed by atoms with E-state index in [2.05, 4.69) is 21.4 Å². The van der Waals surface area contributed by atoms with Crippen LogP contribution >= 0.6 is 51.5 Å². The molecular formula is C25H18BrClN2O3S2. The highest BCUT2D eigenvalue weighted by atomic mass is 79.9. The van der Waals surface area contributed by atoms with Crippen LogP contribution in [0.5, 0.6) is 5.75 Å². The molecule has 3 aromatic rings. The number of halogens is 2. The highest BCUT2D eigenvalue weighted by molar-refractivity contribution is 9.10. The topological polar surface area (TPSA) is 58.6 Å². The third-order valence-corrected chi connectivity index (χ3v) is 6.98. The second-order valence-corrected chi connectivity index (χ2v) is 10.4. The van der Waals surface area contributed by atoms with Gasteiger partial charge in [-0.2, -0.15) is 5.01 Å². The average Bonchev–Trinajstić information content (AvgIpc) is 3.06. The van der Waals surface area contributed by atoms with Gasteiger partial charge in [0.1, 0.15) is 12.4 Å². The zero-order valence-electron chi connectivity index (χ0n) is 17.9. The van der Waals surface area contributed by atoms with Gasteiger partial charge in [0, 0.05) is 10.0 Å². The molecule has 0 atom stereocenters. The summed E-state index contributed by atoms with van der Waals surface area (Å²) in [5, 5.41) is 1.36. The molecule has 9 heteroatoms. The average molecular weight is 574 g/mol. The Kier molecular flexibility index (Phi) is 7.73.